The van der Waals surface area contributed by atoms with Crippen LogP contribution in [-0.4, -0.2) is 0 Å². The second kappa shape index (κ2) is 5.61. The smallest absolute Gasteiger partial charge is 0.0413 e. The van der Waals surface area contributed by atoms with Crippen LogP contribution in [0.3, 0.4) is 0 Å². The molecule has 0 saturated heterocycles. The Kier molecular flexibility index (Phi) is 3.67. The summed E-state index contributed by atoms with van der Waals surface area (Å²) in [4.78, 5) is 0. The average Bonchev–Trinajstić information content (AvgIpc) is 2.92. The molecule has 0 fully saturated rings. The van der Waals surface area contributed by atoms with E-state index in [0.717, 1.165) is 5.02 Å². The standard InChI is InChI=1S/C22H19ClS/c1-22(2,3)15-9-7-14(8-10-15)17-5-4-6-20-21(17)18-13-16(23)11-12-19(18)24-20/h4-13H,1-3H3. The molecule has 0 aliphatic heterocycles. The van der Waals surface area contributed by atoms with Gasteiger partial charge in [-0.05, 0) is 46.4 Å². The topological polar surface area (TPSA) is 0 Å². The van der Waals surface area contributed by atoms with Crippen LogP contribution >= 0.6 is 22.9 Å². The highest BCUT2D eigenvalue weighted by molar-refractivity contribution is 7.25. The Morgan fingerprint density at radius 2 is 1.58 bits per heavy atom. The van der Waals surface area contributed by atoms with E-state index < -0.39 is 0 Å². The van der Waals surface area contributed by atoms with Gasteiger partial charge in [0.2, 0.25) is 0 Å². The maximum Gasteiger partial charge on any atom is 0.0413 e. The van der Waals surface area contributed by atoms with Crippen molar-refractivity contribution in [3.63, 3.8) is 0 Å². The van der Waals surface area contributed by atoms with Crippen LogP contribution in [0.4, 0.5) is 0 Å². The molecule has 120 valence electrons. The number of rotatable bonds is 1. The third kappa shape index (κ3) is 2.62. The molecule has 0 radical (unpaired) electrons. The monoisotopic (exact) mass is 350 g/mol. The van der Waals surface area contributed by atoms with Crippen molar-refractivity contribution < 1.29 is 0 Å². The zero-order valence-electron chi connectivity index (χ0n) is 14.1. The second-order valence-electron chi connectivity index (χ2n) is 7.25. The van der Waals surface area contributed by atoms with Crippen molar-refractivity contribution in [2.75, 3.05) is 0 Å². The summed E-state index contributed by atoms with van der Waals surface area (Å²) in [5.74, 6) is 0. The van der Waals surface area contributed by atoms with E-state index in [4.69, 9.17) is 11.6 Å². The van der Waals surface area contributed by atoms with Gasteiger partial charge in [0.1, 0.15) is 0 Å². The minimum absolute atomic E-state index is 0.174. The number of halogens is 1. The van der Waals surface area contributed by atoms with Gasteiger partial charge in [0, 0.05) is 25.2 Å². The summed E-state index contributed by atoms with van der Waals surface area (Å²) in [6, 6.07) is 21.7. The van der Waals surface area contributed by atoms with Gasteiger partial charge in [-0.25, -0.2) is 0 Å². The molecular formula is C22H19ClS. The molecule has 3 aromatic carbocycles. The Bertz CT molecular complexity index is 1030. The summed E-state index contributed by atoms with van der Waals surface area (Å²) < 4.78 is 2.60. The Morgan fingerprint density at radius 1 is 0.833 bits per heavy atom. The minimum Gasteiger partial charge on any atom is -0.135 e. The van der Waals surface area contributed by atoms with Crippen molar-refractivity contribution in [1.29, 1.82) is 0 Å². The zero-order valence-corrected chi connectivity index (χ0v) is 15.6. The van der Waals surface area contributed by atoms with Crippen molar-refractivity contribution in [3.05, 3.63) is 71.2 Å². The van der Waals surface area contributed by atoms with E-state index in [1.54, 1.807) is 0 Å². The second-order valence-corrected chi connectivity index (χ2v) is 8.77. The SMILES string of the molecule is CC(C)(C)c1ccc(-c2cccc3sc4ccc(Cl)cc4c23)cc1. The predicted octanol–water partition coefficient (Wildman–Crippen LogP) is 7.67. The lowest BCUT2D eigenvalue weighted by Crippen LogP contribution is -2.10. The molecule has 4 aromatic rings. The van der Waals surface area contributed by atoms with Crippen molar-refractivity contribution in [2.24, 2.45) is 0 Å². The van der Waals surface area contributed by atoms with E-state index in [1.165, 1.54) is 36.9 Å². The van der Waals surface area contributed by atoms with Crippen molar-refractivity contribution in [1.82, 2.24) is 0 Å². The number of benzene rings is 3. The van der Waals surface area contributed by atoms with Crippen LogP contribution in [0.25, 0.3) is 31.3 Å². The fourth-order valence-electron chi connectivity index (χ4n) is 3.19. The molecule has 0 amide bonds. The fraction of sp³-hybridized carbons (Fsp3) is 0.182. The quantitative estimate of drug-likeness (QED) is 0.330. The number of fused-ring (bicyclic) bond motifs is 3. The number of hydrogen-bond donors (Lipinski definition) is 0. The molecule has 0 unspecified atom stereocenters. The summed E-state index contributed by atoms with van der Waals surface area (Å²) in [6.07, 6.45) is 0. The van der Waals surface area contributed by atoms with Crippen LogP contribution in [0.1, 0.15) is 26.3 Å². The van der Waals surface area contributed by atoms with Gasteiger partial charge in [0.25, 0.3) is 0 Å². The van der Waals surface area contributed by atoms with Crippen LogP contribution in [0.2, 0.25) is 5.02 Å². The van der Waals surface area contributed by atoms with Crippen LogP contribution < -0.4 is 0 Å². The molecule has 0 nitrogen and oxygen atoms in total. The Balaban J connectivity index is 1.96. The molecule has 0 aliphatic rings. The van der Waals surface area contributed by atoms with Gasteiger partial charge in [0.05, 0.1) is 0 Å². The van der Waals surface area contributed by atoms with Gasteiger partial charge in [-0.3, -0.25) is 0 Å². The molecule has 2 heteroatoms. The molecule has 0 atom stereocenters. The molecule has 1 aromatic heterocycles. The van der Waals surface area contributed by atoms with Gasteiger partial charge in [0.15, 0.2) is 0 Å². The van der Waals surface area contributed by atoms with Crippen LogP contribution in [-0.2, 0) is 5.41 Å². The number of hydrogen-bond acceptors (Lipinski definition) is 1. The van der Waals surface area contributed by atoms with Crippen molar-refractivity contribution in [2.45, 2.75) is 26.2 Å². The minimum atomic E-state index is 0.174. The molecule has 24 heavy (non-hydrogen) atoms. The van der Waals surface area contributed by atoms with Gasteiger partial charge in [-0.1, -0.05) is 68.8 Å². The third-order valence-electron chi connectivity index (χ3n) is 4.52. The molecule has 0 aliphatic carbocycles. The van der Waals surface area contributed by atoms with Gasteiger partial charge < -0.3 is 0 Å². The first-order valence-electron chi connectivity index (χ1n) is 8.15. The first kappa shape index (κ1) is 15.7. The van der Waals surface area contributed by atoms with E-state index in [-0.39, 0.29) is 5.41 Å². The highest BCUT2D eigenvalue weighted by atomic mass is 35.5. The molecule has 0 bridgehead atoms. The van der Waals surface area contributed by atoms with E-state index in [2.05, 4.69) is 75.4 Å². The highest BCUT2D eigenvalue weighted by Crippen LogP contribution is 2.41. The Morgan fingerprint density at radius 3 is 2.29 bits per heavy atom. The molecule has 1 heterocycles. The largest absolute Gasteiger partial charge is 0.135 e. The summed E-state index contributed by atoms with van der Waals surface area (Å²) in [7, 11) is 0. The predicted molar refractivity (Wildman–Crippen MR) is 108 cm³/mol. The van der Waals surface area contributed by atoms with E-state index >= 15 is 0 Å². The zero-order chi connectivity index (χ0) is 16.9. The lowest BCUT2D eigenvalue weighted by Gasteiger charge is -2.19. The molecule has 0 saturated carbocycles. The first-order valence-corrected chi connectivity index (χ1v) is 9.35. The fourth-order valence-corrected chi connectivity index (χ4v) is 4.47. The van der Waals surface area contributed by atoms with Crippen LogP contribution in [0, 0.1) is 0 Å². The molecule has 0 N–H and O–H groups in total. The van der Waals surface area contributed by atoms with Crippen molar-refractivity contribution >= 4 is 43.1 Å². The van der Waals surface area contributed by atoms with E-state index in [1.807, 2.05) is 17.4 Å². The molecule has 0 spiro atoms. The maximum atomic E-state index is 6.25. The van der Waals surface area contributed by atoms with Gasteiger partial charge >= 0.3 is 0 Å². The Labute approximate surface area is 151 Å². The van der Waals surface area contributed by atoms with E-state index in [0.29, 0.717) is 0 Å². The number of thiophene rings is 1. The normalized spacial score (nSPS) is 12.2. The average molecular weight is 351 g/mol. The highest BCUT2D eigenvalue weighted by Gasteiger charge is 2.15. The lowest BCUT2D eigenvalue weighted by molar-refractivity contribution is 0.590. The summed E-state index contributed by atoms with van der Waals surface area (Å²) in [5, 5.41) is 3.35. The summed E-state index contributed by atoms with van der Waals surface area (Å²) in [6.45, 7) is 6.74. The maximum absolute atomic E-state index is 6.25. The van der Waals surface area contributed by atoms with Crippen LogP contribution in [0.15, 0.2) is 60.7 Å². The third-order valence-corrected chi connectivity index (χ3v) is 5.89. The summed E-state index contributed by atoms with van der Waals surface area (Å²) >= 11 is 8.08. The van der Waals surface area contributed by atoms with Crippen molar-refractivity contribution in [3.8, 4) is 11.1 Å². The first-order chi connectivity index (χ1) is 11.4. The molecule has 4 rings (SSSR count). The lowest BCUT2D eigenvalue weighted by atomic mass is 9.86. The van der Waals surface area contributed by atoms with Gasteiger partial charge in [-0.2, -0.15) is 0 Å². The van der Waals surface area contributed by atoms with Crippen LogP contribution in [0.5, 0.6) is 0 Å². The molecular weight excluding hydrogens is 332 g/mol. The Hall–Kier alpha value is -1.83. The van der Waals surface area contributed by atoms with Gasteiger partial charge in [-0.15, -0.1) is 11.3 Å². The summed E-state index contributed by atoms with van der Waals surface area (Å²) in [5.41, 5.74) is 4.07. The van der Waals surface area contributed by atoms with E-state index in [9.17, 15) is 0 Å².